The molecule has 0 fully saturated rings. The summed E-state index contributed by atoms with van der Waals surface area (Å²) < 4.78 is 5.85. The van der Waals surface area contributed by atoms with Crippen LogP contribution in [0.15, 0.2) is 36.4 Å². The van der Waals surface area contributed by atoms with Crippen molar-refractivity contribution in [3.05, 3.63) is 58.1 Å². The quantitative estimate of drug-likeness (QED) is 0.898. The molecule has 0 aliphatic rings. The summed E-state index contributed by atoms with van der Waals surface area (Å²) >= 11 is 5.99. The standard InChI is InChI=1S/C15H16ClNO/c1-10-3-6-15(12(7-10)9-17)18-13-4-5-14(16)11(2)8-13/h3-8H,9,17H2,1-2H3. The summed E-state index contributed by atoms with van der Waals surface area (Å²) in [4.78, 5) is 0. The number of rotatable bonds is 3. The van der Waals surface area contributed by atoms with Crippen molar-refractivity contribution in [2.75, 3.05) is 0 Å². The lowest BCUT2D eigenvalue weighted by Crippen LogP contribution is -2.00. The van der Waals surface area contributed by atoms with Gasteiger partial charge in [-0.15, -0.1) is 0 Å². The lowest BCUT2D eigenvalue weighted by molar-refractivity contribution is 0.476. The molecular formula is C15H16ClNO. The molecule has 0 saturated heterocycles. The second-order valence-corrected chi connectivity index (χ2v) is 4.74. The molecule has 2 N–H and O–H groups in total. The van der Waals surface area contributed by atoms with E-state index in [4.69, 9.17) is 22.1 Å². The van der Waals surface area contributed by atoms with Crippen LogP contribution in [0.5, 0.6) is 11.5 Å². The lowest BCUT2D eigenvalue weighted by Gasteiger charge is -2.11. The summed E-state index contributed by atoms with van der Waals surface area (Å²) in [7, 11) is 0. The fourth-order valence-electron chi connectivity index (χ4n) is 1.77. The van der Waals surface area contributed by atoms with Gasteiger partial charge in [-0.05, 0) is 43.7 Å². The zero-order chi connectivity index (χ0) is 13.1. The van der Waals surface area contributed by atoms with Gasteiger partial charge in [-0.2, -0.15) is 0 Å². The Kier molecular flexibility index (Phi) is 3.90. The molecule has 0 bridgehead atoms. The molecule has 0 atom stereocenters. The van der Waals surface area contributed by atoms with Gasteiger partial charge in [-0.1, -0.05) is 29.3 Å². The molecule has 2 nitrogen and oxygen atoms in total. The number of hydrogen-bond acceptors (Lipinski definition) is 2. The molecule has 2 aromatic rings. The minimum absolute atomic E-state index is 0.462. The largest absolute Gasteiger partial charge is 0.457 e. The maximum absolute atomic E-state index is 5.99. The molecule has 0 spiro atoms. The number of ether oxygens (including phenoxy) is 1. The maximum atomic E-state index is 5.99. The van der Waals surface area contributed by atoms with Gasteiger partial charge in [0.25, 0.3) is 0 Å². The zero-order valence-electron chi connectivity index (χ0n) is 10.5. The number of halogens is 1. The molecular weight excluding hydrogens is 246 g/mol. The fraction of sp³-hybridized carbons (Fsp3) is 0.200. The third kappa shape index (κ3) is 2.84. The first-order valence-corrected chi connectivity index (χ1v) is 6.21. The predicted molar refractivity (Wildman–Crippen MR) is 75.3 cm³/mol. The number of hydrogen-bond donors (Lipinski definition) is 1. The van der Waals surface area contributed by atoms with Crippen molar-refractivity contribution in [2.24, 2.45) is 5.73 Å². The average molecular weight is 262 g/mol. The zero-order valence-corrected chi connectivity index (χ0v) is 11.3. The first-order chi connectivity index (χ1) is 8.60. The van der Waals surface area contributed by atoms with Crippen LogP contribution in [0.2, 0.25) is 5.02 Å². The van der Waals surface area contributed by atoms with E-state index >= 15 is 0 Å². The highest BCUT2D eigenvalue weighted by molar-refractivity contribution is 6.31. The van der Waals surface area contributed by atoms with Crippen LogP contribution in [0.3, 0.4) is 0 Å². The molecule has 0 radical (unpaired) electrons. The molecule has 3 heteroatoms. The molecule has 0 unspecified atom stereocenters. The Bertz CT molecular complexity index is 566. The van der Waals surface area contributed by atoms with Crippen LogP contribution in [0.4, 0.5) is 0 Å². The fourth-order valence-corrected chi connectivity index (χ4v) is 1.89. The molecule has 0 aromatic heterocycles. The summed E-state index contributed by atoms with van der Waals surface area (Å²) in [5, 5.41) is 0.741. The summed E-state index contributed by atoms with van der Waals surface area (Å²) in [5.41, 5.74) is 8.90. The van der Waals surface area contributed by atoms with Crippen LogP contribution in [-0.4, -0.2) is 0 Å². The minimum atomic E-state index is 0.462. The molecule has 0 amide bonds. The van der Waals surface area contributed by atoms with E-state index in [-0.39, 0.29) is 0 Å². The van der Waals surface area contributed by atoms with E-state index in [1.54, 1.807) is 0 Å². The molecule has 2 rings (SSSR count). The van der Waals surface area contributed by atoms with E-state index in [0.29, 0.717) is 6.54 Å². The van der Waals surface area contributed by atoms with Crippen molar-refractivity contribution in [3.8, 4) is 11.5 Å². The molecule has 0 aliphatic carbocycles. The molecule has 2 aromatic carbocycles. The summed E-state index contributed by atoms with van der Waals surface area (Å²) in [6.45, 7) is 4.45. The summed E-state index contributed by atoms with van der Waals surface area (Å²) in [6, 6.07) is 11.6. The van der Waals surface area contributed by atoms with Crippen LogP contribution < -0.4 is 10.5 Å². The third-order valence-electron chi connectivity index (χ3n) is 2.79. The Morgan fingerprint density at radius 2 is 1.89 bits per heavy atom. The van der Waals surface area contributed by atoms with Crippen molar-refractivity contribution >= 4 is 11.6 Å². The van der Waals surface area contributed by atoms with Gasteiger partial charge in [-0.25, -0.2) is 0 Å². The van der Waals surface area contributed by atoms with Crippen molar-refractivity contribution in [1.82, 2.24) is 0 Å². The van der Waals surface area contributed by atoms with E-state index in [1.807, 2.05) is 50.2 Å². The van der Waals surface area contributed by atoms with Crippen molar-refractivity contribution in [2.45, 2.75) is 20.4 Å². The Morgan fingerprint density at radius 1 is 1.11 bits per heavy atom. The average Bonchev–Trinajstić information content (AvgIpc) is 2.36. The predicted octanol–water partition coefficient (Wildman–Crippen LogP) is 4.21. The van der Waals surface area contributed by atoms with E-state index in [2.05, 4.69) is 0 Å². The number of nitrogens with two attached hydrogens (primary N) is 1. The van der Waals surface area contributed by atoms with Crippen LogP contribution in [0, 0.1) is 13.8 Å². The van der Waals surface area contributed by atoms with Gasteiger partial charge in [0.1, 0.15) is 11.5 Å². The second-order valence-electron chi connectivity index (χ2n) is 4.33. The molecule has 18 heavy (non-hydrogen) atoms. The highest BCUT2D eigenvalue weighted by Gasteiger charge is 2.05. The van der Waals surface area contributed by atoms with E-state index < -0.39 is 0 Å². The Hall–Kier alpha value is -1.51. The van der Waals surface area contributed by atoms with Crippen molar-refractivity contribution < 1.29 is 4.74 Å². The van der Waals surface area contributed by atoms with Crippen molar-refractivity contribution in [1.29, 1.82) is 0 Å². The number of aryl methyl sites for hydroxylation is 2. The highest BCUT2D eigenvalue weighted by atomic mass is 35.5. The molecule has 0 heterocycles. The van der Waals surface area contributed by atoms with Crippen LogP contribution in [0.25, 0.3) is 0 Å². The third-order valence-corrected chi connectivity index (χ3v) is 3.22. The summed E-state index contributed by atoms with van der Waals surface area (Å²) in [6.07, 6.45) is 0. The maximum Gasteiger partial charge on any atom is 0.131 e. The topological polar surface area (TPSA) is 35.2 Å². The monoisotopic (exact) mass is 261 g/mol. The van der Waals surface area contributed by atoms with E-state index in [9.17, 15) is 0 Å². The second kappa shape index (κ2) is 5.42. The van der Waals surface area contributed by atoms with E-state index in [1.165, 1.54) is 5.56 Å². The Morgan fingerprint density at radius 3 is 2.56 bits per heavy atom. The molecule has 0 saturated carbocycles. The number of benzene rings is 2. The van der Waals surface area contributed by atoms with Gasteiger partial charge in [0.2, 0.25) is 0 Å². The molecule has 94 valence electrons. The lowest BCUT2D eigenvalue weighted by atomic mass is 10.1. The molecule has 0 aliphatic heterocycles. The first kappa shape index (κ1) is 12.9. The first-order valence-electron chi connectivity index (χ1n) is 5.84. The van der Waals surface area contributed by atoms with E-state index in [0.717, 1.165) is 27.6 Å². The van der Waals surface area contributed by atoms with Gasteiger partial charge in [0, 0.05) is 17.1 Å². The Balaban J connectivity index is 2.30. The summed E-state index contributed by atoms with van der Waals surface area (Å²) in [5.74, 6) is 1.57. The highest BCUT2D eigenvalue weighted by Crippen LogP contribution is 2.28. The van der Waals surface area contributed by atoms with Gasteiger partial charge < -0.3 is 10.5 Å². The Labute approximate surface area is 112 Å². The SMILES string of the molecule is Cc1ccc(Oc2ccc(Cl)c(C)c2)c(CN)c1. The normalized spacial score (nSPS) is 10.4. The van der Waals surface area contributed by atoms with Gasteiger partial charge >= 0.3 is 0 Å². The van der Waals surface area contributed by atoms with Crippen LogP contribution in [0.1, 0.15) is 16.7 Å². The van der Waals surface area contributed by atoms with Crippen molar-refractivity contribution in [3.63, 3.8) is 0 Å². The van der Waals surface area contributed by atoms with Gasteiger partial charge in [0.15, 0.2) is 0 Å². The van der Waals surface area contributed by atoms with Crippen LogP contribution in [-0.2, 0) is 6.54 Å². The van der Waals surface area contributed by atoms with Gasteiger partial charge in [0.05, 0.1) is 0 Å². The van der Waals surface area contributed by atoms with Gasteiger partial charge in [-0.3, -0.25) is 0 Å². The van der Waals surface area contributed by atoms with Crippen LogP contribution >= 0.6 is 11.6 Å². The smallest absolute Gasteiger partial charge is 0.131 e. The minimum Gasteiger partial charge on any atom is -0.457 e.